The van der Waals surface area contributed by atoms with E-state index in [4.69, 9.17) is 16.3 Å². The van der Waals surface area contributed by atoms with Gasteiger partial charge in [-0.15, -0.1) is 11.3 Å². The SMILES string of the molecule is O=C(Cc1csc(Cl)c1)C1CCCOC1. The maximum absolute atomic E-state index is 11.9. The molecular weight excluding hydrogens is 232 g/mol. The number of rotatable bonds is 3. The van der Waals surface area contributed by atoms with Crippen LogP contribution in [0.5, 0.6) is 0 Å². The lowest BCUT2D eigenvalue weighted by Gasteiger charge is -2.20. The van der Waals surface area contributed by atoms with Gasteiger partial charge in [0.25, 0.3) is 0 Å². The average molecular weight is 245 g/mol. The van der Waals surface area contributed by atoms with E-state index in [0.29, 0.717) is 13.0 Å². The molecular formula is C11H13ClO2S. The largest absolute Gasteiger partial charge is 0.381 e. The number of hydrogen-bond acceptors (Lipinski definition) is 3. The lowest BCUT2D eigenvalue weighted by molar-refractivity contribution is -0.126. The van der Waals surface area contributed by atoms with Crippen LogP contribution in [-0.4, -0.2) is 19.0 Å². The summed E-state index contributed by atoms with van der Waals surface area (Å²) in [7, 11) is 0. The van der Waals surface area contributed by atoms with E-state index in [1.54, 1.807) is 0 Å². The van der Waals surface area contributed by atoms with Crippen molar-refractivity contribution in [1.82, 2.24) is 0 Å². The molecule has 2 heterocycles. The van der Waals surface area contributed by atoms with Crippen LogP contribution in [0.3, 0.4) is 0 Å². The highest BCUT2D eigenvalue weighted by atomic mass is 35.5. The molecule has 0 saturated carbocycles. The summed E-state index contributed by atoms with van der Waals surface area (Å²) >= 11 is 7.29. The lowest BCUT2D eigenvalue weighted by atomic mass is 9.94. The Hall–Kier alpha value is -0.380. The molecule has 0 aliphatic carbocycles. The fourth-order valence-electron chi connectivity index (χ4n) is 1.78. The van der Waals surface area contributed by atoms with E-state index in [1.165, 1.54) is 11.3 Å². The smallest absolute Gasteiger partial charge is 0.142 e. The molecule has 2 nitrogen and oxygen atoms in total. The summed E-state index contributed by atoms with van der Waals surface area (Å²) in [4.78, 5) is 11.9. The van der Waals surface area contributed by atoms with Crippen LogP contribution >= 0.6 is 22.9 Å². The molecule has 1 atom stereocenters. The number of carbonyl (C=O) groups is 1. The van der Waals surface area contributed by atoms with E-state index in [0.717, 1.165) is 29.3 Å². The van der Waals surface area contributed by atoms with Gasteiger partial charge in [0.2, 0.25) is 0 Å². The highest BCUT2D eigenvalue weighted by Gasteiger charge is 2.21. The first-order chi connectivity index (χ1) is 7.25. The molecule has 0 aromatic carbocycles. The molecule has 2 rings (SSSR count). The zero-order chi connectivity index (χ0) is 10.7. The molecule has 4 heteroatoms. The van der Waals surface area contributed by atoms with Crippen molar-refractivity contribution in [2.45, 2.75) is 19.3 Å². The first-order valence-electron chi connectivity index (χ1n) is 5.09. The van der Waals surface area contributed by atoms with Crippen molar-refractivity contribution >= 4 is 28.7 Å². The minimum absolute atomic E-state index is 0.0948. The molecule has 0 N–H and O–H groups in total. The van der Waals surface area contributed by atoms with Gasteiger partial charge < -0.3 is 4.74 Å². The van der Waals surface area contributed by atoms with Gasteiger partial charge in [-0.25, -0.2) is 0 Å². The number of carbonyl (C=O) groups excluding carboxylic acids is 1. The minimum Gasteiger partial charge on any atom is -0.381 e. The highest BCUT2D eigenvalue weighted by Crippen LogP contribution is 2.22. The van der Waals surface area contributed by atoms with E-state index >= 15 is 0 Å². The van der Waals surface area contributed by atoms with Crippen molar-refractivity contribution in [3.05, 3.63) is 21.3 Å². The fraction of sp³-hybridized carbons (Fsp3) is 0.545. The van der Waals surface area contributed by atoms with Gasteiger partial charge in [-0.1, -0.05) is 11.6 Å². The van der Waals surface area contributed by atoms with Crippen molar-refractivity contribution in [2.24, 2.45) is 5.92 Å². The predicted molar refractivity (Wildman–Crippen MR) is 61.6 cm³/mol. The van der Waals surface area contributed by atoms with Crippen molar-refractivity contribution in [3.63, 3.8) is 0 Å². The van der Waals surface area contributed by atoms with Gasteiger partial charge in [-0.2, -0.15) is 0 Å². The predicted octanol–water partition coefficient (Wildman–Crippen LogP) is 2.94. The summed E-state index contributed by atoms with van der Waals surface area (Å²) in [6.45, 7) is 1.39. The van der Waals surface area contributed by atoms with Crippen LogP contribution in [0.25, 0.3) is 0 Å². The van der Waals surface area contributed by atoms with Crippen molar-refractivity contribution in [2.75, 3.05) is 13.2 Å². The van der Waals surface area contributed by atoms with Crippen LogP contribution in [0.4, 0.5) is 0 Å². The molecule has 1 unspecified atom stereocenters. The Labute approximate surface area is 98.2 Å². The van der Waals surface area contributed by atoms with Crippen LogP contribution in [0.15, 0.2) is 11.4 Å². The molecule has 82 valence electrons. The highest BCUT2D eigenvalue weighted by molar-refractivity contribution is 7.14. The van der Waals surface area contributed by atoms with Crippen LogP contribution < -0.4 is 0 Å². The molecule has 0 radical (unpaired) electrons. The molecule has 1 aliphatic heterocycles. The van der Waals surface area contributed by atoms with Gasteiger partial charge in [0.15, 0.2) is 0 Å². The zero-order valence-corrected chi connectivity index (χ0v) is 9.94. The second-order valence-electron chi connectivity index (χ2n) is 3.82. The quantitative estimate of drug-likeness (QED) is 0.817. The summed E-state index contributed by atoms with van der Waals surface area (Å²) in [5, 5.41) is 1.95. The number of ketones is 1. The summed E-state index contributed by atoms with van der Waals surface area (Å²) < 4.78 is 6.05. The second kappa shape index (κ2) is 5.10. The summed E-state index contributed by atoms with van der Waals surface area (Å²) in [5.74, 6) is 0.376. The molecule has 0 amide bonds. The van der Waals surface area contributed by atoms with E-state index in [1.807, 2.05) is 11.4 Å². The fourth-order valence-corrected chi connectivity index (χ4v) is 2.69. The summed E-state index contributed by atoms with van der Waals surface area (Å²) in [6, 6.07) is 1.87. The van der Waals surface area contributed by atoms with Crippen LogP contribution in [0, 0.1) is 5.92 Å². The summed E-state index contributed by atoms with van der Waals surface area (Å²) in [6.07, 6.45) is 2.47. The van der Waals surface area contributed by atoms with Crippen molar-refractivity contribution < 1.29 is 9.53 Å². The van der Waals surface area contributed by atoms with Crippen molar-refractivity contribution in [3.8, 4) is 0 Å². The third kappa shape index (κ3) is 3.03. The third-order valence-corrected chi connectivity index (χ3v) is 3.76. The Kier molecular flexibility index (Phi) is 3.78. The van der Waals surface area contributed by atoms with Gasteiger partial charge >= 0.3 is 0 Å². The van der Waals surface area contributed by atoms with E-state index < -0.39 is 0 Å². The first kappa shape index (κ1) is 11.1. The normalized spacial score (nSPS) is 21.5. The maximum atomic E-state index is 11.9. The molecule has 1 aromatic heterocycles. The molecule has 1 fully saturated rings. The van der Waals surface area contributed by atoms with E-state index in [9.17, 15) is 4.79 Å². The Bertz CT molecular complexity index is 342. The number of hydrogen-bond donors (Lipinski definition) is 0. The minimum atomic E-state index is 0.0948. The van der Waals surface area contributed by atoms with Gasteiger partial charge in [0.05, 0.1) is 10.9 Å². The lowest BCUT2D eigenvalue weighted by Crippen LogP contribution is -2.26. The van der Waals surface area contributed by atoms with Crippen LogP contribution in [-0.2, 0) is 16.0 Å². The van der Waals surface area contributed by atoms with E-state index in [-0.39, 0.29) is 11.7 Å². The topological polar surface area (TPSA) is 26.3 Å². The number of halogens is 1. The number of ether oxygens (including phenoxy) is 1. The second-order valence-corrected chi connectivity index (χ2v) is 5.36. The maximum Gasteiger partial charge on any atom is 0.142 e. The number of Topliss-reactive ketones (excluding diaryl/α,β-unsaturated/α-hetero) is 1. The summed E-state index contributed by atoms with van der Waals surface area (Å²) in [5.41, 5.74) is 1.03. The first-order valence-corrected chi connectivity index (χ1v) is 6.35. The van der Waals surface area contributed by atoms with Gasteiger partial charge in [-0.3, -0.25) is 4.79 Å². The Balaban J connectivity index is 1.91. The Morgan fingerprint density at radius 1 is 1.67 bits per heavy atom. The molecule has 1 aromatic rings. The molecule has 1 aliphatic rings. The molecule has 1 saturated heterocycles. The van der Waals surface area contributed by atoms with Gasteiger partial charge in [0, 0.05) is 18.9 Å². The molecule has 0 bridgehead atoms. The third-order valence-electron chi connectivity index (χ3n) is 2.62. The van der Waals surface area contributed by atoms with Crippen LogP contribution in [0.2, 0.25) is 4.34 Å². The van der Waals surface area contributed by atoms with Crippen LogP contribution in [0.1, 0.15) is 18.4 Å². The Morgan fingerprint density at radius 3 is 3.13 bits per heavy atom. The molecule has 15 heavy (non-hydrogen) atoms. The number of thiophene rings is 1. The standard InChI is InChI=1S/C11H13ClO2S/c12-11-5-8(7-15-11)4-10(13)9-2-1-3-14-6-9/h5,7,9H,1-4,6H2. The van der Waals surface area contributed by atoms with E-state index in [2.05, 4.69) is 0 Å². The monoisotopic (exact) mass is 244 g/mol. The Morgan fingerprint density at radius 2 is 2.53 bits per heavy atom. The van der Waals surface area contributed by atoms with Gasteiger partial charge in [0.1, 0.15) is 5.78 Å². The zero-order valence-electron chi connectivity index (χ0n) is 8.37. The average Bonchev–Trinajstić information content (AvgIpc) is 2.65. The molecule has 0 spiro atoms. The van der Waals surface area contributed by atoms with Gasteiger partial charge in [-0.05, 0) is 29.9 Å². The van der Waals surface area contributed by atoms with Crippen molar-refractivity contribution in [1.29, 1.82) is 0 Å².